The monoisotopic (exact) mass is 397 g/mol. The number of benzene rings is 3. The zero-order chi connectivity index (χ0) is 17.6. The summed E-state index contributed by atoms with van der Waals surface area (Å²) < 4.78 is 11.2. The number of hydrogen-bond acceptors (Lipinski definition) is 3. The summed E-state index contributed by atoms with van der Waals surface area (Å²) >= 11 is 3.46. The molecule has 0 heterocycles. The molecule has 4 nitrogen and oxygen atoms in total. The van der Waals surface area contributed by atoms with Crippen molar-refractivity contribution in [3.8, 4) is 22.6 Å². The summed E-state index contributed by atoms with van der Waals surface area (Å²) in [5.74, 6) is 1.17. The van der Waals surface area contributed by atoms with Crippen LogP contribution in [0.2, 0.25) is 0 Å². The smallest absolute Gasteiger partial charge is 0.417 e. The van der Waals surface area contributed by atoms with Crippen LogP contribution in [0.5, 0.6) is 11.5 Å². The fourth-order valence-corrected chi connectivity index (χ4v) is 2.77. The number of methoxy groups -OCH3 is 1. The van der Waals surface area contributed by atoms with Gasteiger partial charge < -0.3 is 9.47 Å². The Bertz CT molecular complexity index is 864. The Morgan fingerprint density at radius 1 is 0.920 bits per heavy atom. The molecule has 0 aliphatic rings. The number of carbonyl (C=O) groups is 1. The lowest BCUT2D eigenvalue weighted by Crippen LogP contribution is -2.16. The molecule has 0 fully saturated rings. The molecule has 0 bridgehead atoms. The topological polar surface area (TPSA) is 47.6 Å². The maximum absolute atomic E-state index is 12.1. The highest BCUT2D eigenvalue weighted by molar-refractivity contribution is 9.10. The van der Waals surface area contributed by atoms with Crippen molar-refractivity contribution in [1.29, 1.82) is 0 Å². The van der Waals surface area contributed by atoms with Gasteiger partial charge in [0.15, 0.2) is 0 Å². The highest BCUT2D eigenvalue weighted by atomic mass is 79.9. The average Bonchev–Trinajstić information content (AvgIpc) is 2.65. The third kappa shape index (κ3) is 4.39. The van der Waals surface area contributed by atoms with Gasteiger partial charge in [0.2, 0.25) is 0 Å². The first-order valence-corrected chi connectivity index (χ1v) is 8.43. The summed E-state index contributed by atoms with van der Waals surface area (Å²) in [7, 11) is 1.59. The maximum atomic E-state index is 12.1. The second kappa shape index (κ2) is 7.85. The minimum atomic E-state index is -0.557. The Hall–Kier alpha value is -2.79. The molecule has 1 amide bonds. The largest absolute Gasteiger partial charge is 0.497 e. The Labute approximate surface area is 154 Å². The van der Waals surface area contributed by atoms with Crippen LogP contribution in [0.4, 0.5) is 10.5 Å². The molecule has 0 spiro atoms. The molecular weight excluding hydrogens is 382 g/mol. The second-order valence-corrected chi connectivity index (χ2v) is 6.11. The van der Waals surface area contributed by atoms with Crippen LogP contribution in [0, 0.1) is 0 Å². The van der Waals surface area contributed by atoms with Crippen LogP contribution < -0.4 is 14.8 Å². The molecule has 0 aromatic heterocycles. The lowest BCUT2D eigenvalue weighted by molar-refractivity contribution is 0.215. The predicted octanol–water partition coefficient (Wildman–Crippen LogP) is 5.74. The van der Waals surface area contributed by atoms with Gasteiger partial charge in [-0.3, -0.25) is 5.32 Å². The van der Waals surface area contributed by atoms with Crippen LogP contribution in [0.1, 0.15) is 0 Å². The van der Waals surface area contributed by atoms with E-state index in [2.05, 4.69) is 21.2 Å². The van der Waals surface area contributed by atoms with Gasteiger partial charge in [0.05, 0.1) is 11.6 Å². The van der Waals surface area contributed by atoms with Crippen molar-refractivity contribution < 1.29 is 14.3 Å². The molecule has 3 rings (SSSR count). The van der Waals surface area contributed by atoms with Gasteiger partial charge in [-0.1, -0.05) is 36.4 Å². The number of anilines is 1. The number of carbonyl (C=O) groups excluding carboxylic acids is 1. The Balaban J connectivity index is 1.68. The van der Waals surface area contributed by atoms with Crippen LogP contribution in [-0.2, 0) is 0 Å². The van der Waals surface area contributed by atoms with Crippen molar-refractivity contribution in [1.82, 2.24) is 0 Å². The van der Waals surface area contributed by atoms with E-state index in [-0.39, 0.29) is 0 Å². The number of amides is 1. The quantitative estimate of drug-likeness (QED) is 0.610. The standard InChI is InChI=1S/C20H16BrNO3/c1-24-17-10-8-16(9-11-17)22-20(23)25-19-12-7-15(13-18(19)21)14-5-3-2-4-6-14/h2-13H,1H3,(H,22,23). The van der Waals surface area contributed by atoms with Crippen molar-refractivity contribution in [2.75, 3.05) is 12.4 Å². The molecule has 0 radical (unpaired) electrons. The van der Waals surface area contributed by atoms with Crippen LogP contribution >= 0.6 is 15.9 Å². The van der Waals surface area contributed by atoms with Gasteiger partial charge in [0, 0.05) is 5.69 Å². The average molecular weight is 398 g/mol. The van der Waals surface area contributed by atoms with Gasteiger partial charge in [0.25, 0.3) is 0 Å². The molecule has 0 aliphatic carbocycles. The van der Waals surface area contributed by atoms with E-state index in [1.54, 1.807) is 37.4 Å². The van der Waals surface area contributed by atoms with Crippen molar-refractivity contribution in [3.63, 3.8) is 0 Å². The first-order chi connectivity index (χ1) is 12.2. The summed E-state index contributed by atoms with van der Waals surface area (Å²) in [6.45, 7) is 0. The zero-order valence-electron chi connectivity index (χ0n) is 13.5. The molecule has 1 N–H and O–H groups in total. The van der Waals surface area contributed by atoms with Crippen molar-refractivity contribution in [2.24, 2.45) is 0 Å². The Morgan fingerprint density at radius 2 is 1.64 bits per heavy atom. The molecule has 0 saturated heterocycles. The first kappa shape index (κ1) is 17.0. The number of ether oxygens (including phenoxy) is 2. The lowest BCUT2D eigenvalue weighted by atomic mass is 10.1. The molecule has 5 heteroatoms. The van der Waals surface area contributed by atoms with Crippen LogP contribution in [0.15, 0.2) is 77.3 Å². The summed E-state index contributed by atoms with van der Waals surface area (Å²) in [6.07, 6.45) is -0.557. The predicted molar refractivity (Wildman–Crippen MR) is 102 cm³/mol. The molecule has 0 atom stereocenters. The van der Waals surface area contributed by atoms with Crippen molar-refractivity contribution in [2.45, 2.75) is 0 Å². The molecule has 25 heavy (non-hydrogen) atoms. The van der Waals surface area contributed by atoms with E-state index >= 15 is 0 Å². The minimum absolute atomic E-state index is 0.450. The number of rotatable bonds is 4. The minimum Gasteiger partial charge on any atom is -0.497 e. The highest BCUT2D eigenvalue weighted by Crippen LogP contribution is 2.31. The fourth-order valence-electron chi connectivity index (χ4n) is 2.31. The first-order valence-electron chi connectivity index (χ1n) is 7.63. The van der Waals surface area contributed by atoms with Gasteiger partial charge in [-0.15, -0.1) is 0 Å². The SMILES string of the molecule is COc1ccc(NC(=O)Oc2ccc(-c3ccccc3)cc2Br)cc1. The van der Waals surface area contributed by atoms with Gasteiger partial charge in [-0.2, -0.15) is 0 Å². The molecule has 0 unspecified atom stereocenters. The van der Waals surface area contributed by atoms with E-state index in [9.17, 15) is 4.79 Å². The van der Waals surface area contributed by atoms with Gasteiger partial charge in [0.1, 0.15) is 11.5 Å². The van der Waals surface area contributed by atoms with Crippen LogP contribution in [0.3, 0.4) is 0 Å². The van der Waals surface area contributed by atoms with E-state index in [1.165, 1.54) is 0 Å². The second-order valence-electron chi connectivity index (χ2n) is 5.25. The van der Waals surface area contributed by atoms with Crippen LogP contribution in [-0.4, -0.2) is 13.2 Å². The third-order valence-corrected chi connectivity index (χ3v) is 4.20. The van der Waals surface area contributed by atoms with Gasteiger partial charge in [-0.05, 0) is 63.5 Å². The van der Waals surface area contributed by atoms with Crippen LogP contribution in [0.25, 0.3) is 11.1 Å². The lowest BCUT2D eigenvalue weighted by Gasteiger charge is -2.10. The molecule has 3 aromatic carbocycles. The van der Waals surface area contributed by atoms with E-state index in [1.807, 2.05) is 42.5 Å². The van der Waals surface area contributed by atoms with Crippen molar-refractivity contribution in [3.05, 3.63) is 77.3 Å². The number of halogens is 1. The molecule has 0 saturated carbocycles. The Kier molecular flexibility index (Phi) is 5.36. The van der Waals surface area contributed by atoms with E-state index in [4.69, 9.17) is 9.47 Å². The van der Waals surface area contributed by atoms with E-state index in [0.717, 1.165) is 16.9 Å². The molecule has 3 aromatic rings. The third-order valence-electron chi connectivity index (χ3n) is 3.58. The molecule has 0 aliphatic heterocycles. The normalized spacial score (nSPS) is 10.2. The van der Waals surface area contributed by atoms with E-state index < -0.39 is 6.09 Å². The summed E-state index contributed by atoms with van der Waals surface area (Å²) in [5, 5.41) is 2.68. The zero-order valence-corrected chi connectivity index (χ0v) is 15.1. The maximum Gasteiger partial charge on any atom is 0.417 e. The molecular formula is C20H16BrNO3. The van der Waals surface area contributed by atoms with E-state index in [0.29, 0.717) is 15.9 Å². The van der Waals surface area contributed by atoms with Gasteiger partial charge >= 0.3 is 6.09 Å². The molecule has 126 valence electrons. The number of nitrogens with one attached hydrogen (secondary N) is 1. The summed E-state index contributed by atoms with van der Waals surface area (Å²) in [5.41, 5.74) is 2.76. The Morgan fingerprint density at radius 3 is 2.28 bits per heavy atom. The fraction of sp³-hybridized carbons (Fsp3) is 0.0500. The highest BCUT2D eigenvalue weighted by Gasteiger charge is 2.10. The number of hydrogen-bond donors (Lipinski definition) is 1. The summed E-state index contributed by atoms with van der Waals surface area (Å²) in [4.78, 5) is 12.1. The summed E-state index contributed by atoms with van der Waals surface area (Å²) in [6, 6.07) is 22.6. The van der Waals surface area contributed by atoms with Gasteiger partial charge in [-0.25, -0.2) is 4.79 Å². The van der Waals surface area contributed by atoms with Crippen molar-refractivity contribution >= 4 is 27.7 Å².